The maximum atomic E-state index is 11.2. The lowest BCUT2D eigenvalue weighted by molar-refractivity contribution is -0.114. The average Bonchev–Trinajstić information content (AvgIpc) is 2.91. The van der Waals surface area contributed by atoms with E-state index >= 15 is 0 Å². The zero-order valence-electron chi connectivity index (χ0n) is 12.4. The monoisotopic (exact) mass is 300 g/mol. The summed E-state index contributed by atoms with van der Waals surface area (Å²) in [5.41, 5.74) is 4.59. The number of carbonyl (C=O) groups excluding carboxylic acids is 1. The van der Waals surface area contributed by atoms with Crippen molar-refractivity contribution in [3.05, 3.63) is 45.6 Å². The van der Waals surface area contributed by atoms with E-state index in [2.05, 4.69) is 29.0 Å². The molecule has 1 aliphatic rings. The Morgan fingerprint density at radius 1 is 1.33 bits per heavy atom. The van der Waals surface area contributed by atoms with Crippen molar-refractivity contribution >= 4 is 28.6 Å². The predicted octanol–water partition coefficient (Wildman–Crippen LogP) is 4.50. The summed E-state index contributed by atoms with van der Waals surface area (Å²) in [5.74, 6) is -0.0393. The molecule has 0 spiro atoms. The van der Waals surface area contributed by atoms with Crippen LogP contribution in [0.1, 0.15) is 41.8 Å². The van der Waals surface area contributed by atoms with E-state index in [0.717, 1.165) is 17.8 Å². The second kappa shape index (κ2) is 5.90. The van der Waals surface area contributed by atoms with Crippen molar-refractivity contribution in [3.63, 3.8) is 0 Å². The normalized spacial score (nSPS) is 17.1. The minimum Gasteiger partial charge on any atom is -0.378 e. The molecule has 1 amide bonds. The number of aryl methyl sites for hydroxylation is 2. The fourth-order valence-electron chi connectivity index (χ4n) is 2.88. The van der Waals surface area contributed by atoms with Crippen LogP contribution in [0, 0.1) is 6.92 Å². The maximum Gasteiger partial charge on any atom is 0.221 e. The van der Waals surface area contributed by atoms with Gasteiger partial charge in [0.15, 0.2) is 0 Å². The third-order valence-corrected chi connectivity index (χ3v) is 4.94. The first kappa shape index (κ1) is 14.1. The largest absolute Gasteiger partial charge is 0.378 e. The predicted molar refractivity (Wildman–Crippen MR) is 89.1 cm³/mol. The van der Waals surface area contributed by atoms with Gasteiger partial charge in [-0.1, -0.05) is 6.07 Å². The maximum absolute atomic E-state index is 11.2. The number of fused-ring (bicyclic) bond motifs is 1. The molecule has 110 valence electrons. The van der Waals surface area contributed by atoms with Crippen LogP contribution in [-0.4, -0.2) is 5.91 Å². The van der Waals surface area contributed by atoms with E-state index in [1.807, 2.05) is 29.5 Å². The minimum atomic E-state index is -0.0393. The Morgan fingerprint density at radius 3 is 3.00 bits per heavy atom. The van der Waals surface area contributed by atoms with Gasteiger partial charge in [-0.05, 0) is 60.9 Å². The molecule has 0 saturated heterocycles. The van der Waals surface area contributed by atoms with Gasteiger partial charge in [0.25, 0.3) is 0 Å². The number of carbonyl (C=O) groups is 1. The first-order valence-corrected chi connectivity index (χ1v) is 8.22. The molecule has 1 aromatic heterocycles. The van der Waals surface area contributed by atoms with Crippen LogP contribution in [0.5, 0.6) is 0 Å². The fourth-order valence-corrected chi connectivity index (χ4v) is 3.87. The summed E-state index contributed by atoms with van der Waals surface area (Å²) >= 11 is 1.86. The molecule has 1 unspecified atom stereocenters. The second-order valence-corrected chi connectivity index (χ2v) is 6.60. The van der Waals surface area contributed by atoms with E-state index in [1.54, 1.807) is 0 Å². The van der Waals surface area contributed by atoms with E-state index in [0.29, 0.717) is 6.04 Å². The van der Waals surface area contributed by atoms with Gasteiger partial charge in [0.05, 0.1) is 6.04 Å². The molecule has 4 heteroatoms. The molecule has 21 heavy (non-hydrogen) atoms. The van der Waals surface area contributed by atoms with Crippen molar-refractivity contribution in [3.8, 4) is 0 Å². The molecule has 0 aliphatic heterocycles. The number of anilines is 2. The molecule has 1 heterocycles. The fraction of sp³-hybridized carbons (Fsp3) is 0.353. The minimum absolute atomic E-state index is 0.0393. The molecule has 2 N–H and O–H groups in total. The summed E-state index contributed by atoms with van der Waals surface area (Å²) < 4.78 is 0. The lowest BCUT2D eigenvalue weighted by atomic mass is 9.93. The van der Waals surface area contributed by atoms with Crippen LogP contribution in [0.15, 0.2) is 29.6 Å². The molecule has 2 aromatic rings. The van der Waals surface area contributed by atoms with E-state index in [1.165, 1.54) is 35.8 Å². The summed E-state index contributed by atoms with van der Waals surface area (Å²) in [5, 5.41) is 8.69. The van der Waals surface area contributed by atoms with E-state index < -0.39 is 0 Å². The molecular weight excluding hydrogens is 280 g/mol. The van der Waals surface area contributed by atoms with Gasteiger partial charge in [0.1, 0.15) is 0 Å². The Balaban J connectivity index is 1.84. The number of amides is 1. The van der Waals surface area contributed by atoms with Crippen LogP contribution in [0.4, 0.5) is 11.4 Å². The Labute approximate surface area is 129 Å². The Bertz CT molecular complexity index is 663. The number of hydrogen-bond acceptors (Lipinski definition) is 3. The first-order valence-electron chi connectivity index (χ1n) is 7.34. The Kier molecular flexibility index (Phi) is 3.97. The topological polar surface area (TPSA) is 41.1 Å². The van der Waals surface area contributed by atoms with Crippen molar-refractivity contribution in [2.45, 2.75) is 39.2 Å². The number of thiophene rings is 1. The highest BCUT2D eigenvalue weighted by Gasteiger charge is 2.21. The van der Waals surface area contributed by atoms with Gasteiger partial charge in [-0.2, -0.15) is 0 Å². The number of rotatable bonds is 3. The summed E-state index contributed by atoms with van der Waals surface area (Å²) in [4.78, 5) is 12.7. The van der Waals surface area contributed by atoms with Gasteiger partial charge < -0.3 is 10.6 Å². The van der Waals surface area contributed by atoms with Gasteiger partial charge in [-0.3, -0.25) is 4.79 Å². The van der Waals surface area contributed by atoms with E-state index in [4.69, 9.17) is 0 Å². The second-order valence-electron chi connectivity index (χ2n) is 5.60. The number of benzene rings is 1. The van der Waals surface area contributed by atoms with Crippen molar-refractivity contribution in [2.24, 2.45) is 0 Å². The molecule has 0 fully saturated rings. The Hall–Kier alpha value is -1.81. The number of nitrogens with one attached hydrogen (secondary N) is 2. The average molecular weight is 300 g/mol. The molecule has 1 aliphatic carbocycles. The van der Waals surface area contributed by atoms with Crippen LogP contribution < -0.4 is 10.6 Å². The lowest BCUT2D eigenvalue weighted by Gasteiger charge is -2.26. The third kappa shape index (κ3) is 3.10. The lowest BCUT2D eigenvalue weighted by Crippen LogP contribution is -2.16. The molecule has 0 bridgehead atoms. The van der Waals surface area contributed by atoms with Crippen LogP contribution in [0.25, 0.3) is 0 Å². The van der Waals surface area contributed by atoms with E-state index in [-0.39, 0.29) is 5.91 Å². The van der Waals surface area contributed by atoms with E-state index in [9.17, 15) is 4.79 Å². The Morgan fingerprint density at radius 2 is 2.19 bits per heavy atom. The van der Waals surface area contributed by atoms with Crippen LogP contribution in [-0.2, 0) is 11.2 Å². The molecule has 1 atom stereocenters. The molecule has 3 nitrogen and oxygen atoms in total. The zero-order chi connectivity index (χ0) is 14.8. The summed E-state index contributed by atoms with van der Waals surface area (Å²) in [6.07, 6.45) is 3.60. The zero-order valence-corrected chi connectivity index (χ0v) is 13.2. The van der Waals surface area contributed by atoms with Gasteiger partial charge in [-0.25, -0.2) is 0 Å². The highest BCUT2D eigenvalue weighted by atomic mass is 32.1. The quantitative estimate of drug-likeness (QED) is 0.876. The van der Waals surface area contributed by atoms with Crippen molar-refractivity contribution in [1.82, 2.24) is 0 Å². The summed E-state index contributed by atoms with van der Waals surface area (Å²) in [6.45, 7) is 3.63. The molecule has 0 radical (unpaired) electrons. The van der Waals surface area contributed by atoms with Crippen molar-refractivity contribution < 1.29 is 4.79 Å². The van der Waals surface area contributed by atoms with Crippen molar-refractivity contribution in [2.75, 3.05) is 10.6 Å². The van der Waals surface area contributed by atoms with Gasteiger partial charge in [0, 0.05) is 23.2 Å². The first-order chi connectivity index (χ1) is 10.1. The number of hydrogen-bond donors (Lipinski definition) is 2. The molecule has 3 rings (SSSR count). The van der Waals surface area contributed by atoms with Gasteiger partial charge in [0.2, 0.25) is 5.91 Å². The third-order valence-electron chi connectivity index (χ3n) is 3.94. The smallest absolute Gasteiger partial charge is 0.221 e. The summed E-state index contributed by atoms with van der Waals surface area (Å²) in [7, 11) is 0. The SMILES string of the molecule is CC(=O)Nc1ccc(C)c(NC2CCCc3sccc32)c1. The molecule has 0 saturated carbocycles. The van der Waals surface area contributed by atoms with Crippen LogP contribution >= 0.6 is 11.3 Å². The standard InChI is InChI=1S/C17H20N2OS/c1-11-6-7-13(18-12(2)20)10-16(11)19-15-4-3-5-17-14(15)8-9-21-17/h6-10,15,19H,3-5H2,1-2H3,(H,18,20). The molecular formula is C17H20N2OS. The highest BCUT2D eigenvalue weighted by molar-refractivity contribution is 7.10. The van der Waals surface area contributed by atoms with Gasteiger partial charge in [-0.15, -0.1) is 11.3 Å². The molecule has 1 aromatic carbocycles. The highest BCUT2D eigenvalue weighted by Crippen LogP contribution is 2.36. The van der Waals surface area contributed by atoms with Gasteiger partial charge >= 0.3 is 0 Å². The summed E-state index contributed by atoms with van der Waals surface area (Å²) in [6, 6.07) is 8.64. The van der Waals surface area contributed by atoms with Crippen LogP contribution in [0.2, 0.25) is 0 Å². The van der Waals surface area contributed by atoms with Crippen molar-refractivity contribution in [1.29, 1.82) is 0 Å². The van der Waals surface area contributed by atoms with Crippen LogP contribution in [0.3, 0.4) is 0 Å².